The highest BCUT2D eigenvalue weighted by atomic mass is 79.9. The summed E-state index contributed by atoms with van der Waals surface area (Å²) in [6.07, 6.45) is 0.546. The molecular weight excluding hydrogens is 331 g/mol. The first-order valence-electron chi connectivity index (χ1n) is 6.26. The number of hydrogen-bond acceptors (Lipinski definition) is 3. The molecule has 1 fully saturated rings. The molecule has 2 N–H and O–H groups in total. The number of carbonyl (C=O) groups is 1. The smallest absolute Gasteiger partial charge is 0.319 e. The van der Waals surface area contributed by atoms with Crippen LogP contribution in [-0.4, -0.2) is 31.6 Å². The quantitative estimate of drug-likeness (QED) is 0.881. The molecule has 0 spiro atoms. The Balaban J connectivity index is 1.79. The summed E-state index contributed by atoms with van der Waals surface area (Å²) < 4.78 is 24.5. The van der Waals surface area contributed by atoms with Crippen molar-refractivity contribution in [2.24, 2.45) is 0 Å². The Morgan fingerprint density at radius 1 is 1.45 bits per heavy atom. The molecule has 1 aromatic rings. The van der Waals surface area contributed by atoms with Gasteiger partial charge in [0, 0.05) is 17.4 Å². The van der Waals surface area contributed by atoms with E-state index in [9.17, 15) is 9.18 Å². The van der Waals surface area contributed by atoms with Gasteiger partial charge in [-0.3, -0.25) is 0 Å². The number of nitrogens with one attached hydrogen (secondary N) is 2. The van der Waals surface area contributed by atoms with Crippen LogP contribution in [0, 0.1) is 5.82 Å². The summed E-state index contributed by atoms with van der Waals surface area (Å²) in [5.74, 6) is -1.05. The van der Waals surface area contributed by atoms with E-state index in [-0.39, 0.29) is 0 Å². The van der Waals surface area contributed by atoms with Crippen molar-refractivity contribution < 1.29 is 18.7 Å². The lowest BCUT2D eigenvalue weighted by atomic mass is 10.2. The van der Waals surface area contributed by atoms with E-state index in [1.165, 1.54) is 18.2 Å². The lowest BCUT2D eigenvalue weighted by molar-refractivity contribution is -0.145. The van der Waals surface area contributed by atoms with E-state index in [2.05, 4.69) is 26.6 Å². The molecule has 7 heteroatoms. The average molecular weight is 347 g/mol. The summed E-state index contributed by atoms with van der Waals surface area (Å²) in [5, 5.41) is 5.25. The molecule has 0 radical (unpaired) electrons. The number of rotatable bonds is 4. The van der Waals surface area contributed by atoms with Gasteiger partial charge in [-0.15, -0.1) is 0 Å². The maximum atomic E-state index is 13.1. The molecule has 1 saturated heterocycles. The number of hydrogen-bond donors (Lipinski definition) is 2. The molecule has 1 heterocycles. The number of amides is 2. The number of halogens is 2. The fraction of sp³-hybridized carbons (Fsp3) is 0.462. The molecule has 0 bridgehead atoms. The number of benzene rings is 1. The van der Waals surface area contributed by atoms with Crippen LogP contribution < -0.4 is 10.6 Å². The van der Waals surface area contributed by atoms with Gasteiger partial charge in [0.1, 0.15) is 5.82 Å². The molecule has 0 atom stereocenters. The van der Waals surface area contributed by atoms with Crippen molar-refractivity contribution >= 4 is 27.6 Å². The van der Waals surface area contributed by atoms with Crippen LogP contribution in [-0.2, 0) is 9.47 Å². The monoisotopic (exact) mass is 346 g/mol. The van der Waals surface area contributed by atoms with E-state index in [1.54, 1.807) is 0 Å². The fourth-order valence-electron chi connectivity index (χ4n) is 1.86. The number of anilines is 1. The van der Waals surface area contributed by atoms with Crippen LogP contribution in [0.4, 0.5) is 14.9 Å². The Kier molecular flexibility index (Phi) is 4.95. The van der Waals surface area contributed by atoms with Gasteiger partial charge in [0.2, 0.25) is 0 Å². The van der Waals surface area contributed by atoms with Gasteiger partial charge in [-0.25, -0.2) is 9.18 Å². The van der Waals surface area contributed by atoms with Crippen LogP contribution in [0.3, 0.4) is 0 Å². The normalized spacial score (nSPS) is 16.9. The molecule has 2 rings (SSSR count). The van der Waals surface area contributed by atoms with Gasteiger partial charge in [-0.05, 0) is 41.1 Å². The predicted molar refractivity (Wildman–Crippen MR) is 76.0 cm³/mol. The summed E-state index contributed by atoms with van der Waals surface area (Å²) in [6, 6.07) is 3.68. The zero-order valence-electron chi connectivity index (χ0n) is 11.0. The highest BCUT2D eigenvalue weighted by Crippen LogP contribution is 2.23. The minimum Gasteiger partial charge on any atom is -0.348 e. The number of carbonyl (C=O) groups excluding carboxylic acids is 1. The Bertz CT molecular complexity index is 493. The van der Waals surface area contributed by atoms with E-state index in [1.807, 2.05) is 6.92 Å². The minimum atomic E-state index is -0.632. The third-order valence-corrected chi connectivity index (χ3v) is 3.63. The molecule has 0 saturated carbocycles. The second-order valence-corrected chi connectivity index (χ2v) is 5.44. The molecule has 1 aliphatic rings. The van der Waals surface area contributed by atoms with Gasteiger partial charge >= 0.3 is 6.03 Å². The molecule has 110 valence electrons. The molecule has 1 aliphatic heterocycles. The van der Waals surface area contributed by atoms with Crippen molar-refractivity contribution in [1.82, 2.24) is 5.32 Å². The van der Waals surface area contributed by atoms with Crippen LogP contribution in [0.1, 0.15) is 13.3 Å². The third kappa shape index (κ3) is 4.16. The van der Waals surface area contributed by atoms with Crippen molar-refractivity contribution in [3.05, 3.63) is 28.5 Å². The summed E-state index contributed by atoms with van der Waals surface area (Å²) in [5.41, 5.74) is 0.377. The highest BCUT2D eigenvalue weighted by molar-refractivity contribution is 9.10. The summed E-state index contributed by atoms with van der Waals surface area (Å²) in [4.78, 5) is 11.7. The topological polar surface area (TPSA) is 59.6 Å². The van der Waals surface area contributed by atoms with Crippen LogP contribution in [0.15, 0.2) is 22.7 Å². The summed E-state index contributed by atoms with van der Waals surface area (Å²) >= 11 is 3.24. The standard InChI is InChI=1S/C13H16BrFN2O3/c1-13(19-6-7-20-13)4-5-16-12(18)17-11-8-9(15)2-3-10(11)14/h2-3,8H,4-7H2,1H3,(H2,16,17,18). The molecule has 1 aromatic carbocycles. The van der Waals surface area contributed by atoms with E-state index >= 15 is 0 Å². The SMILES string of the molecule is CC1(CCNC(=O)Nc2cc(F)ccc2Br)OCCO1. The third-order valence-electron chi connectivity index (χ3n) is 2.94. The Morgan fingerprint density at radius 2 is 2.15 bits per heavy atom. The fourth-order valence-corrected chi connectivity index (χ4v) is 2.21. The molecule has 0 aromatic heterocycles. The van der Waals surface area contributed by atoms with Gasteiger partial charge < -0.3 is 20.1 Å². The Labute approximate surface area is 125 Å². The molecule has 0 aliphatic carbocycles. The second kappa shape index (κ2) is 6.51. The van der Waals surface area contributed by atoms with Gasteiger partial charge in [0.25, 0.3) is 0 Å². The maximum Gasteiger partial charge on any atom is 0.319 e. The highest BCUT2D eigenvalue weighted by Gasteiger charge is 2.30. The first kappa shape index (κ1) is 15.2. The van der Waals surface area contributed by atoms with Crippen LogP contribution in [0.5, 0.6) is 0 Å². The largest absolute Gasteiger partial charge is 0.348 e. The van der Waals surface area contributed by atoms with E-state index in [0.717, 1.165) is 0 Å². The Hall–Kier alpha value is -1.18. The molecule has 2 amide bonds. The first-order valence-corrected chi connectivity index (χ1v) is 7.06. The van der Waals surface area contributed by atoms with Gasteiger partial charge in [0.05, 0.1) is 18.9 Å². The van der Waals surface area contributed by atoms with Crippen molar-refractivity contribution in [2.75, 3.05) is 25.1 Å². The molecule has 0 unspecified atom stereocenters. The van der Waals surface area contributed by atoms with Gasteiger partial charge in [0.15, 0.2) is 5.79 Å². The van der Waals surface area contributed by atoms with Crippen molar-refractivity contribution in [3.8, 4) is 0 Å². The Morgan fingerprint density at radius 3 is 2.85 bits per heavy atom. The molecular formula is C13H16BrFN2O3. The van der Waals surface area contributed by atoms with E-state index in [0.29, 0.717) is 36.3 Å². The van der Waals surface area contributed by atoms with Crippen molar-refractivity contribution in [3.63, 3.8) is 0 Å². The maximum absolute atomic E-state index is 13.1. The summed E-state index contributed by atoms with van der Waals surface area (Å²) in [7, 11) is 0. The van der Waals surface area contributed by atoms with Crippen LogP contribution in [0.2, 0.25) is 0 Å². The number of ether oxygens (including phenoxy) is 2. The predicted octanol–water partition coefficient (Wildman–Crippen LogP) is 2.86. The lowest BCUT2D eigenvalue weighted by Crippen LogP contribution is -2.35. The van der Waals surface area contributed by atoms with Crippen molar-refractivity contribution in [2.45, 2.75) is 19.1 Å². The zero-order chi connectivity index (χ0) is 14.6. The zero-order valence-corrected chi connectivity index (χ0v) is 12.6. The van der Waals surface area contributed by atoms with Crippen molar-refractivity contribution in [1.29, 1.82) is 0 Å². The summed E-state index contributed by atoms with van der Waals surface area (Å²) in [6.45, 7) is 3.37. The van der Waals surface area contributed by atoms with Gasteiger partial charge in [-0.1, -0.05) is 0 Å². The van der Waals surface area contributed by atoms with E-state index in [4.69, 9.17) is 9.47 Å². The second-order valence-electron chi connectivity index (χ2n) is 4.59. The van der Waals surface area contributed by atoms with Gasteiger partial charge in [-0.2, -0.15) is 0 Å². The molecule has 5 nitrogen and oxygen atoms in total. The first-order chi connectivity index (χ1) is 9.48. The number of urea groups is 1. The lowest BCUT2D eigenvalue weighted by Gasteiger charge is -2.22. The minimum absolute atomic E-state index is 0.377. The average Bonchev–Trinajstić information content (AvgIpc) is 2.81. The van der Waals surface area contributed by atoms with Crippen LogP contribution >= 0.6 is 15.9 Å². The van der Waals surface area contributed by atoms with E-state index < -0.39 is 17.6 Å². The molecule has 20 heavy (non-hydrogen) atoms. The van der Waals surface area contributed by atoms with Crippen LogP contribution in [0.25, 0.3) is 0 Å².